The van der Waals surface area contributed by atoms with Gasteiger partial charge in [-0.25, -0.2) is 0 Å². The summed E-state index contributed by atoms with van der Waals surface area (Å²) >= 11 is 0. The topological polar surface area (TPSA) is 49.6 Å². The van der Waals surface area contributed by atoms with Crippen molar-refractivity contribution in [3.63, 3.8) is 0 Å². The number of nitrogens with zero attached hydrogens (tertiary/aromatic N) is 2. The van der Waals surface area contributed by atoms with Gasteiger partial charge < -0.3 is 5.73 Å². The Morgan fingerprint density at radius 3 is 2.76 bits per heavy atom. The first kappa shape index (κ1) is 11.9. The Morgan fingerprint density at radius 2 is 2.12 bits per heavy atom. The van der Waals surface area contributed by atoms with Gasteiger partial charge in [0.2, 0.25) is 5.91 Å². The minimum absolute atomic E-state index is 0.0106. The van der Waals surface area contributed by atoms with Crippen molar-refractivity contribution in [3.8, 4) is 0 Å². The third kappa shape index (κ3) is 2.42. The molecule has 1 saturated heterocycles. The maximum atomic E-state index is 11.8. The van der Waals surface area contributed by atoms with E-state index < -0.39 is 0 Å². The molecule has 2 N–H and O–H groups in total. The van der Waals surface area contributed by atoms with Crippen molar-refractivity contribution in [2.24, 2.45) is 5.73 Å². The molecule has 1 aromatic carbocycles. The minimum Gasteiger partial charge on any atom is -0.326 e. The summed E-state index contributed by atoms with van der Waals surface area (Å²) in [5.74, 6) is 0.158. The highest BCUT2D eigenvalue weighted by Gasteiger charge is 2.30. The van der Waals surface area contributed by atoms with Gasteiger partial charge >= 0.3 is 0 Å². The lowest BCUT2D eigenvalue weighted by Crippen LogP contribution is -2.45. The molecule has 1 amide bonds. The fourth-order valence-electron chi connectivity index (χ4n) is 2.16. The molecular formula is C13H19N3O. The van der Waals surface area contributed by atoms with Crippen molar-refractivity contribution < 1.29 is 4.79 Å². The van der Waals surface area contributed by atoms with Gasteiger partial charge in [0.25, 0.3) is 0 Å². The van der Waals surface area contributed by atoms with Crippen molar-refractivity contribution in [1.82, 2.24) is 5.01 Å². The Kier molecular flexibility index (Phi) is 3.33. The predicted octanol–water partition coefficient (Wildman–Crippen LogP) is 1.30. The van der Waals surface area contributed by atoms with Gasteiger partial charge in [0.15, 0.2) is 0 Å². The minimum atomic E-state index is -0.0106. The lowest BCUT2D eigenvalue weighted by molar-refractivity contribution is -0.128. The molecule has 92 valence electrons. The molecule has 0 spiro atoms. The average molecular weight is 233 g/mol. The smallest absolute Gasteiger partial charge is 0.242 e. The van der Waals surface area contributed by atoms with Gasteiger partial charge in [-0.1, -0.05) is 18.2 Å². The normalized spacial score (nSPS) is 17.7. The molecule has 0 bridgehead atoms. The molecule has 4 nitrogen and oxygen atoms in total. The number of rotatable bonds is 3. The fraction of sp³-hybridized carbons (Fsp3) is 0.462. The van der Waals surface area contributed by atoms with Gasteiger partial charge in [-0.2, -0.15) is 0 Å². The summed E-state index contributed by atoms with van der Waals surface area (Å²) in [6.07, 6.45) is 0.570. The number of nitrogens with two attached hydrogens (primary N) is 1. The van der Waals surface area contributed by atoms with Gasteiger partial charge in [0, 0.05) is 19.0 Å². The number of carbonyl (C=O) groups is 1. The van der Waals surface area contributed by atoms with Crippen LogP contribution in [0.5, 0.6) is 0 Å². The standard InChI is InChI=1S/C13H19N3O/c1-10-5-3-4-6-12(10)15-8-7-13(17)16(15)9-11(2)14/h3-6,11H,7-9,14H2,1-2H3. The van der Waals surface area contributed by atoms with Crippen molar-refractivity contribution in [2.75, 3.05) is 18.1 Å². The van der Waals surface area contributed by atoms with Crippen LogP contribution in [-0.2, 0) is 4.79 Å². The number of amides is 1. The summed E-state index contributed by atoms with van der Waals surface area (Å²) in [4.78, 5) is 11.8. The average Bonchev–Trinajstić information content (AvgIpc) is 2.61. The molecule has 4 heteroatoms. The van der Waals surface area contributed by atoms with Gasteiger partial charge in [-0.3, -0.25) is 14.8 Å². The van der Waals surface area contributed by atoms with Crippen molar-refractivity contribution in [2.45, 2.75) is 26.3 Å². The van der Waals surface area contributed by atoms with Crippen molar-refractivity contribution in [3.05, 3.63) is 29.8 Å². The van der Waals surface area contributed by atoms with E-state index in [9.17, 15) is 4.79 Å². The molecule has 1 fully saturated rings. The second-order valence-electron chi connectivity index (χ2n) is 4.61. The first-order chi connectivity index (χ1) is 8.09. The zero-order valence-electron chi connectivity index (χ0n) is 10.4. The first-order valence-corrected chi connectivity index (χ1v) is 5.98. The molecule has 0 aromatic heterocycles. The SMILES string of the molecule is Cc1ccccc1N1CCC(=O)N1CC(C)N. The molecule has 0 saturated carbocycles. The molecule has 1 heterocycles. The quantitative estimate of drug-likeness (QED) is 0.856. The Morgan fingerprint density at radius 1 is 1.41 bits per heavy atom. The van der Waals surface area contributed by atoms with Crippen LogP contribution in [0.15, 0.2) is 24.3 Å². The van der Waals surface area contributed by atoms with E-state index in [0.29, 0.717) is 13.0 Å². The number of anilines is 1. The highest BCUT2D eigenvalue weighted by atomic mass is 16.2. The second kappa shape index (κ2) is 4.75. The zero-order chi connectivity index (χ0) is 12.4. The van der Waals surface area contributed by atoms with Crippen LogP contribution in [0, 0.1) is 6.92 Å². The van der Waals surface area contributed by atoms with E-state index in [1.165, 1.54) is 5.56 Å². The van der Waals surface area contributed by atoms with Crippen molar-refractivity contribution in [1.29, 1.82) is 0 Å². The van der Waals surface area contributed by atoms with Crippen LogP contribution in [0.2, 0.25) is 0 Å². The molecule has 2 rings (SSSR count). The van der Waals surface area contributed by atoms with Crippen LogP contribution < -0.4 is 10.7 Å². The van der Waals surface area contributed by atoms with Crippen LogP contribution in [0.3, 0.4) is 0 Å². The largest absolute Gasteiger partial charge is 0.326 e. The maximum Gasteiger partial charge on any atom is 0.242 e. The maximum absolute atomic E-state index is 11.8. The van der Waals surface area contributed by atoms with Crippen LogP contribution >= 0.6 is 0 Å². The molecule has 1 aliphatic heterocycles. The molecular weight excluding hydrogens is 214 g/mol. The molecule has 17 heavy (non-hydrogen) atoms. The summed E-state index contributed by atoms with van der Waals surface area (Å²) in [5.41, 5.74) is 8.07. The Balaban J connectivity index is 2.25. The van der Waals surface area contributed by atoms with E-state index in [4.69, 9.17) is 5.73 Å². The summed E-state index contributed by atoms with van der Waals surface area (Å²) in [6, 6.07) is 8.09. The molecule has 0 radical (unpaired) electrons. The summed E-state index contributed by atoms with van der Waals surface area (Å²) in [6.45, 7) is 5.30. The van der Waals surface area contributed by atoms with E-state index in [2.05, 4.69) is 13.0 Å². The highest BCUT2D eigenvalue weighted by molar-refractivity contribution is 5.82. The highest BCUT2D eigenvalue weighted by Crippen LogP contribution is 2.25. The number of hydrogen-bond donors (Lipinski definition) is 1. The summed E-state index contributed by atoms with van der Waals surface area (Å²) in [7, 11) is 0. The summed E-state index contributed by atoms with van der Waals surface area (Å²) < 4.78 is 0. The lowest BCUT2D eigenvalue weighted by Gasteiger charge is -2.32. The van der Waals surface area contributed by atoms with E-state index >= 15 is 0 Å². The Hall–Kier alpha value is -1.55. The monoisotopic (exact) mass is 233 g/mol. The predicted molar refractivity (Wildman–Crippen MR) is 68.5 cm³/mol. The number of carbonyl (C=O) groups excluding carboxylic acids is 1. The van der Waals surface area contributed by atoms with E-state index in [-0.39, 0.29) is 11.9 Å². The Labute approximate surface area is 102 Å². The number of benzene rings is 1. The fourth-order valence-corrected chi connectivity index (χ4v) is 2.16. The van der Waals surface area contributed by atoms with Crippen LogP contribution in [-0.4, -0.2) is 30.0 Å². The third-order valence-corrected chi connectivity index (χ3v) is 2.97. The van der Waals surface area contributed by atoms with Crippen LogP contribution in [0.25, 0.3) is 0 Å². The molecule has 1 unspecified atom stereocenters. The lowest BCUT2D eigenvalue weighted by atomic mass is 10.2. The van der Waals surface area contributed by atoms with Crippen LogP contribution in [0.4, 0.5) is 5.69 Å². The van der Waals surface area contributed by atoms with Gasteiger partial charge in [-0.05, 0) is 25.5 Å². The number of aryl methyl sites for hydroxylation is 1. The molecule has 1 aliphatic rings. The van der Waals surface area contributed by atoms with Gasteiger partial charge in [0.05, 0.1) is 12.2 Å². The molecule has 1 aromatic rings. The number of para-hydroxylation sites is 1. The Bertz CT molecular complexity index is 417. The van der Waals surface area contributed by atoms with Crippen molar-refractivity contribution >= 4 is 11.6 Å². The van der Waals surface area contributed by atoms with E-state index in [0.717, 1.165) is 12.2 Å². The molecule has 0 aliphatic carbocycles. The third-order valence-electron chi connectivity index (χ3n) is 2.97. The van der Waals surface area contributed by atoms with E-state index in [1.807, 2.05) is 30.1 Å². The van der Waals surface area contributed by atoms with E-state index in [1.54, 1.807) is 5.01 Å². The van der Waals surface area contributed by atoms with Gasteiger partial charge in [0.1, 0.15) is 0 Å². The van der Waals surface area contributed by atoms with Gasteiger partial charge in [-0.15, -0.1) is 0 Å². The first-order valence-electron chi connectivity index (χ1n) is 5.98. The molecule has 1 atom stereocenters. The number of hydrogen-bond acceptors (Lipinski definition) is 3. The zero-order valence-corrected chi connectivity index (χ0v) is 10.4. The number of hydrazine groups is 1. The summed E-state index contributed by atoms with van der Waals surface area (Å²) in [5, 5.41) is 3.81. The second-order valence-corrected chi connectivity index (χ2v) is 4.61. The van der Waals surface area contributed by atoms with Crippen LogP contribution in [0.1, 0.15) is 18.9 Å².